The van der Waals surface area contributed by atoms with Crippen molar-refractivity contribution < 1.29 is 4.79 Å². The predicted molar refractivity (Wildman–Crippen MR) is 83.9 cm³/mol. The van der Waals surface area contributed by atoms with Gasteiger partial charge in [0.25, 0.3) is 0 Å². The van der Waals surface area contributed by atoms with Gasteiger partial charge in [0.15, 0.2) is 0 Å². The number of carbonyl (C=O) groups excluding carboxylic acids is 1. The van der Waals surface area contributed by atoms with Crippen LogP contribution >= 0.6 is 35.0 Å². The highest BCUT2D eigenvalue weighted by Crippen LogP contribution is 2.24. The highest BCUT2D eigenvalue weighted by Gasteiger charge is 2.05. The third-order valence-electron chi connectivity index (χ3n) is 2.43. The molecule has 3 nitrogen and oxygen atoms in total. The lowest BCUT2D eigenvalue weighted by atomic mass is 10.2. The normalized spacial score (nSPS) is 12.2. The van der Waals surface area contributed by atoms with Gasteiger partial charge in [-0.25, -0.2) is 0 Å². The molecule has 106 valence electrons. The first-order valence-electron chi connectivity index (χ1n) is 6.03. The number of nitrogens with one attached hydrogen (secondary N) is 1. The highest BCUT2D eigenvalue weighted by molar-refractivity contribution is 7.99. The Morgan fingerprint density at radius 2 is 2.21 bits per heavy atom. The highest BCUT2D eigenvalue weighted by atomic mass is 35.5. The number of hydrogen-bond donors (Lipinski definition) is 2. The molecule has 3 N–H and O–H groups in total. The standard InChI is InChI=1S/C13H18Cl2N2OS/c1-9(16)4-5-17-13(18)8-19-7-10-2-3-11(14)6-12(10)15/h2-3,6,9H,4-5,7-8,16H2,1H3,(H,17,18). The lowest BCUT2D eigenvalue weighted by Gasteiger charge is -2.08. The molecule has 0 fully saturated rings. The summed E-state index contributed by atoms with van der Waals surface area (Å²) in [5.41, 5.74) is 6.59. The van der Waals surface area contributed by atoms with E-state index >= 15 is 0 Å². The van der Waals surface area contributed by atoms with Crippen molar-refractivity contribution in [3.8, 4) is 0 Å². The molecule has 0 saturated heterocycles. The summed E-state index contributed by atoms with van der Waals surface area (Å²) in [5, 5.41) is 4.08. The van der Waals surface area contributed by atoms with Crippen LogP contribution in [0.15, 0.2) is 18.2 Å². The van der Waals surface area contributed by atoms with Crippen molar-refractivity contribution in [2.45, 2.75) is 25.1 Å². The summed E-state index contributed by atoms with van der Waals surface area (Å²) in [6, 6.07) is 5.50. The molecule has 0 aliphatic heterocycles. The van der Waals surface area contributed by atoms with Gasteiger partial charge in [-0.2, -0.15) is 0 Å². The maximum Gasteiger partial charge on any atom is 0.230 e. The SMILES string of the molecule is CC(N)CCNC(=O)CSCc1ccc(Cl)cc1Cl. The van der Waals surface area contributed by atoms with E-state index in [0.29, 0.717) is 28.1 Å². The molecule has 0 radical (unpaired) electrons. The van der Waals surface area contributed by atoms with Crippen molar-refractivity contribution in [2.24, 2.45) is 5.73 Å². The number of benzene rings is 1. The molecule has 1 atom stereocenters. The van der Waals surface area contributed by atoms with Crippen molar-refractivity contribution in [3.05, 3.63) is 33.8 Å². The lowest BCUT2D eigenvalue weighted by molar-refractivity contribution is -0.118. The topological polar surface area (TPSA) is 55.1 Å². The molecule has 0 bridgehead atoms. The van der Waals surface area contributed by atoms with E-state index in [1.165, 1.54) is 11.8 Å². The fourth-order valence-electron chi connectivity index (χ4n) is 1.38. The minimum absolute atomic E-state index is 0.0238. The van der Waals surface area contributed by atoms with Crippen molar-refractivity contribution in [3.63, 3.8) is 0 Å². The van der Waals surface area contributed by atoms with Crippen LogP contribution < -0.4 is 11.1 Å². The van der Waals surface area contributed by atoms with Crippen LogP contribution in [0.5, 0.6) is 0 Å². The molecular formula is C13H18Cl2N2OS. The summed E-state index contributed by atoms with van der Waals surface area (Å²) in [6.45, 7) is 2.54. The van der Waals surface area contributed by atoms with Crippen LogP contribution in [0.2, 0.25) is 10.0 Å². The molecule has 1 unspecified atom stereocenters. The van der Waals surface area contributed by atoms with Gasteiger partial charge < -0.3 is 11.1 Å². The summed E-state index contributed by atoms with van der Waals surface area (Å²) in [5.74, 6) is 1.13. The van der Waals surface area contributed by atoms with Crippen LogP contribution in [-0.4, -0.2) is 24.2 Å². The van der Waals surface area contributed by atoms with Crippen LogP contribution in [0.4, 0.5) is 0 Å². The minimum Gasteiger partial charge on any atom is -0.355 e. The zero-order valence-corrected chi connectivity index (χ0v) is 13.1. The molecule has 0 heterocycles. The molecule has 0 aromatic heterocycles. The Morgan fingerprint density at radius 3 is 2.84 bits per heavy atom. The van der Waals surface area contributed by atoms with Gasteiger partial charge in [0.2, 0.25) is 5.91 Å². The molecule has 1 amide bonds. The first-order chi connectivity index (χ1) is 8.99. The second kappa shape index (κ2) is 8.69. The molecule has 19 heavy (non-hydrogen) atoms. The van der Waals surface area contributed by atoms with Crippen molar-refractivity contribution >= 4 is 40.9 Å². The van der Waals surface area contributed by atoms with Crippen LogP contribution in [0.25, 0.3) is 0 Å². The van der Waals surface area contributed by atoms with Gasteiger partial charge in [0.05, 0.1) is 5.75 Å². The number of halogens is 2. The van der Waals surface area contributed by atoms with E-state index in [9.17, 15) is 4.79 Å². The molecule has 1 aromatic carbocycles. The first kappa shape index (κ1) is 16.6. The Hall–Kier alpha value is -0.420. The quantitative estimate of drug-likeness (QED) is 0.811. The maximum absolute atomic E-state index is 11.5. The van der Waals surface area contributed by atoms with E-state index in [0.717, 1.165) is 12.0 Å². The lowest BCUT2D eigenvalue weighted by Crippen LogP contribution is -2.30. The average Bonchev–Trinajstić information content (AvgIpc) is 2.31. The van der Waals surface area contributed by atoms with E-state index in [4.69, 9.17) is 28.9 Å². The summed E-state index contributed by atoms with van der Waals surface area (Å²) in [4.78, 5) is 11.5. The Morgan fingerprint density at radius 1 is 1.47 bits per heavy atom. The third kappa shape index (κ3) is 7.06. The van der Waals surface area contributed by atoms with Gasteiger partial charge in [-0.15, -0.1) is 11.8 Å². The zero-order chi connectivity index (χ0) is 14.3. The number of amides is 1. The molecule has 6 heteroatoms. The van der Waals surface area contributed by atoms with Gasteiger partial charge in [-0.05, 0) is 31.0 Å². The fourth-order valence-corrected chi connectivity index (χ4v) is 2.80. The van der Waals surface area contributed by atoms with Crippen molar-refractivity contribution in [1.82, 2.24) is 5.32 Å². The molecule has 0 aliphatic carbocycles. The Balaban J connectivity index is 2.24. The number of hydrogen-bond acceptors (Lipinski definition) is 3. The Bertz CT molecular complexity index is 427. The van der Waals surface area contributed by atoms with Crippen LogP contribution in [0.1, 0.15) is 18.9 Å². The Kier molecular flexibility index (Phi) is 7.61. The summed E-state index contributed by atoms with van der Waals surface area (Å²) in [6.07, 6.45) is 0.791. The second-order valence-electron chi connectivity index (χ2n) is 4.34. The average molecular weight is 321 g/mol. The summed E-state index contributed by atoms with van der Waals surface area (Å²) < 4.78 is 0. The van der Waals surface area contributed by atoms with Gasteiger partial charge in [-0.1, -0.05) is 29.3 Å². The van der Waals surface area contributed by atoms with E-state index in [2.05, 4.69) is 5.32 Å². The molecular weight excluding hydrogens is 303 g/mol. The van der Waals surface area contributed by atoms with E-state index in [1.54, 1.807) is 12.1 Å². The van der Waals surface area contributed by atoms with Gasteiger partial charge in [0, 0.05) is 28.4 Å². The monoisotopic (exact) mass is 320 g/mol. The maximum atomic E-state index is 11.5. The minimum atomic E-state index is 0.0238. The largest absolute Gasteiger partial charge is 0.355 e. The zero-order valence-electron chi connectivity index (χ0n) is 10.8. The molecule has 1 aromatic rings. The van der Waals surface area contributed by atoms with Gasteiger partial charge >= 0.3 is 0 Å². The smallest absolute Gasteiger partial charge is 0.230 e. The van der Waals surface area contributed by atoms with Gasteiger partial charge in [-0.3, -0.25) is 4.79 Å². The predicted octanol–water partition coefficient (Wildman–Crippen LogP) is 3.08. The number of nitrogens with two attached hydrogens (primary N) is 1. The number of rotatable bonds is 7. The Labute approximate surface area is 128 Å². The first-order valence-corrected chi connectivity index (χ1v) is 7.94. The molecule has 1 rings (SSSR count). The van der Waals surface area contributed by atoms with E-state index in [1.807, 2.05) is 13.0 Å². The summed E-state index contributed by atoms with van der Waals surface area (Å²) in [7, 11) is 0. The number of thioether (sulfide) groups is 1. The van der Waals surface area contributed by atoms with Crippen molar-refractivity contribution in [2.75, 3.05) is 12.3 Å². The third-order valence-corrected chi connectivity index (χ3v) is 4.00. The molecule has 0 aliphatic rings. The molecule has 0 spiro atoms. The molecule has 0 saturated carbocycles. The van der Waals surface area contributed by atoms with Crippen molar-refractivity contribution in [1.29, 1.82) is 0 Å². The second-order valence-corrected chi connectivity index (χ2v) is 6.17. The van der Waals surface area contributed by atoms with E-state index < -0.39 is 0 Å². The van der Waals surface area contributed by atoms with Gasteiger partial charge in [0.1, 0.15) is 0 Å². The van der Waals surface area contributed by atoms with Crippen LogP contribution in [-0.2, 0) is 10.5 Å². The van der Waals surface area contributed by atoms with Crippen LogP contribution in [0.3, 0.4) is 0 Å². The number of carbonyl (C=O) groups is 1. The van der Waals surface area contributed by atoms with E-state index in [-0.39, 0.29) is 11.9 Å². The fraction of sp³-hybridized carbons (Fsp3) is 0.462. The summed E-state index contributed by atoms with van der Waals surface area (Å²) >= 11 is 13.4. The van der Waals surface area contributed by atoms with Crippen LogP contribution in [0, 0.1) is 0 Å².